The number of hydrogen-bond acceptors (Lipinski definition) is 6. The molecule has 114 valence electrons. The summed E-state index contributed by atoms with van der Waals surface area (Å²) in [4.78, 5) is 17.3. The number of Topliss-reactive ketones (excluding diaryl/α,β-unsaturated/α-hetero) is 1. The molecular formula is C15H22N4OS. The van der Waals surface area contributed by atoms with Crippen molar-refractivity contribution in [2.24, 2.45) is 5.92 Å². The van der Waals surface area contributed by atoms with Crippen molar-refractivity contribution >= 4 is 27.8 Å². The summed E-state index contributed by atoms with van der Waals surface area (Å²) >= 11 is 1.37. The highest BCUT2D eigenvalue weighted by Crippen LogP contribution is 2.39. The molecule has 0 unspecified atom stereocenters. The molecule has 0 bridgehead atoms. The monoisotopic (exact) mass is 306 g/mol. The Hall–Kier alpha value is -1.58. The van der Waals surface area contributed by atoms with Gasteiger partial charge in [0.1, 0.15) is 16.6 Å². The molecule has 21 heavy (non-hydrogen) atoms. The number of likely N-dealkylation sites (N-methyl/N-ethyl adjacent to an activating group) is 1. The third-order valence-corrected chi connectivity index (χ3v) is 5.17. The number of piperazine rings is 1. The summed E-state index contributed by atoms with van der Waals surface area (Å²) in [6.45, 7) is 10.6. The van der Waals surface area contributed by atoms with Gasteiger partial charge in [-0.1, -0.05) is 20.8 Å². The molecule has 2 rings (SSSR count). The van der Waals surface area contributed by atoms with E-state index in [1.165, 1.54) is 11.3 Å². The van der Waals surface area contributed by atoms with E-state index in [0.29, 0.717) is 16.1 Å². The number of hydrogen-bond donors (Lipinski definition) is 1. The summed E-state index contributed by atoms with van der Waals surface area (Å²) in [5.74, 6) is -0.0882. The predicted octanol–water partition coefficient (Wildman–Crippen LogP) is 2.18. The summed E-state index contributed by atoms with van der Waals surface area (Å²) in [6.07, 6.45) is 0. The lowest BCUT2D eigenvalue weighted by atomic mass is 10.1. The van der Waals surface area contributed by atoms with E-state index >= 15 is 0 Å². The summed E-state index contributed by atoms with van der Waals surface area (Å²) in [5, 5.41) is 10.2. The lowest BCUT2D eigenvalue weighted by Crippen LogP contribution is -2.46. The van der Waals surface area contributed by atoms with E-state index < -0.39 is 0 Å². The highest BCUT2D eigenvalue weighted by molar-refractivity contribution is 7.19. The first-order valence-electron chi connectivity index (χ1n) is 7.33. The fourth-order valence-corrected chi connectivity index (χ4v) is 3.79. The van der Waals surface area contributed by atoms with Gasteiger partial charge in [0.15, 0.2) is 5.78 Å². The Bertz CT molecular complexity index is 565. The van der Waals surface area contributed by atoms with Crippen LogP contribution in [0.3, 0.4) is 0 Å². The molecule has 0 saturated carbocycles. The maximum atomic E-state index is 12.2. The van der Waals surface area contributed by atoms with Crippen molar-refractivity contribution in [3.63, 3.8) is 0 Å². The van der Waals surface area contributed by atoms with Crippen LogP contribution in [0.4, 0.5) is 10.7 Å². The molecule has 1 aromatic heterocycles. The second-order valence-corrected chi connectivity index (χ2v) is 6.58. The van der Waals surface area contributed by atoms with Gasteiger partial charge in [-0.2, -0.15) is 5.26 Å². The zero-order valence-electron chi connectivity index (χ0n) is 12.8. The number of nitrogens with two attached hydrogens (primary N) is 1. The van der Waals surface area contributed by atoms with Crippen LogP contribution in [0.5, 0.6) is 0 Å². The molecule has 0 aromatic carbocycles. The molecule has 6 heteroatoms. The highest BCUT2D eigenvalue weighted by Gasteiger charge is 2.27. The Morgan fingerprint density at radius 2 is 2.00 bits per heavy atom. The zero-order chi connectivity index (χ0) is 15.6. The van der Waals surface area contributed by atoms with Gasteiger partial charge in [0.25, 0.3) is 0 Å². The second kappa shape index (κ2) is 6.46. The van der Waals surface area contributed by atoms with Gasteiger partial charge in [-0.05, 0) is 6.54 Å². The fourth-order valence-electron chi connectivity index (χ4n) is 2.47. The molecule has 0 amide bonds. The standard InChI is InChI=1S/C15H22N4OS/c1-4-18-5-7-19(8-6-18)15-11(9-16)12(17)14(21-15)13(20)10(2)3/h10H,4-8,17H2,1-3H3. The summed E-state index contributed by atoms with van der Waals surface area (Å²) in [7, 11) is 0. The number of thiophene rings is 1. The van der Waals surface area contributed by atoms with Crippen molar-refractivity contribution in [2.45, 2.75) is 20.8 Å². The van der Waals surface area contributed by atoms with Crippen molar-refractivity contribution in [1.82, 2.24) is 4.90 Å². The molecule has 1 aliphatic heterocycles. The molecule has 0 atom stereocenters. The quantitative estimate of drug-likeness (QED) is 0.863. The van der Waals surface area contributed by atoms with Crippen LogP contribution < -0.4 is 10.6 Å². The third-order valence-electron chi connectivity index (χ3n) is 3.89. The van der Waals surface area contributed by atoms with E-state index in [1.54, 1.807) is 0 Å². The predicted molar refractivity (Wildman–Crippen MR) is 86.9 cm³/mol. The molecule has 1 saturated heterocycles. The first-order chi connectivity index (χ1) is 9.99. The van der Waals surface area contributed by atoms with Gasteiger partial charge >= 0.3 is 0 Å². The van der Waals surface area contributed by atoms with Crippen molar-refractivity contribution < 1.29 is 4.79 Å². The van der Waals surface area contributed by atoms with Crippen LogP contribution in [0.2, 0.25) is 0 Å². The van der Waals surface area contributed by atoms with E-state index in [2.05, 4.69) is 22.8 Å². The van der Waals surface area contributed by atoms with Crippen LogP contribution in [0, 0.1) is 17.2 Å². The minimum atomic E-state index is -0.109. The van der Waals surface area contributed by atoms with E-state index in [-0.39, 0.29) is 11.7 Å². The Morgan fingerprint density at radius 3 is 2.48 bits per heavy atom. The number of nitrogen functional groups attached to an aromatic ring is 1. The maximum absolute atomic E-state index is 12.2. The van der Waals surface area contributed by atoms with E-state index in [1.807, 2.05) is 13.8 Å². The van der Waals surface area contributed by atoms with Gasteiger partial charge in [-0.15, -0.1) is 11.3 Å². The average Bonchev–Trinajstić information content (AvgIpc) is 2.83. The van der Waals surface area contributed by atoms with Crippen molar-refractivity contribution in [3.8, 4) is 6.07 Å². The van der Waals surface area contributed by atoms with Gasteiger partial charge in [-0.3, -0.25) is 4.79 Å². The molecule has 1 aromatic rings. The molecule has 0 aliphatic carbocycles. The second-order valence-electron chi connectivity index (χ2n) is 5.58. The molecular weight excluding hydrogens is 284 g/mol. The first kappa shape index (κ1) is 15.8. The summed E-state index contributed by atoms with van der Waals surface area (Å²) in [6, 6.07) is 2.18. The molecule has 2 heterocycles. The Labute approximate surface area is 129 Å². The number of carbonyl (C=O) groups is 1. The topological polar surface area (TPSA) is 73.4 Å². The van der Waals surface area contributed by atoms with Gasteiger partial charge in [0, 0.05) is 32.1 Å². The summed E-state index contributed by atoms with van der Waals surface area (Å²) < 4.78 is 0. The minimum Gasteiger partial charge on any atom is -0.396 e. The van der Waals surface area contributed by atoms with Crippen LogP contribution in [-0.4, -0.2) is 43.4 Å². The Kier molecular flexibility index (Phi) is 4.86. The van der Waals surface area contributed by atoms with E-state index in [9.17, 15) is 10.1 Å². The van der Waals surface area contributed by atoms with Gasteiger partial charge < -0.3 is 15.5 Å². The van der Waals surface area contributed by atoms with Crippen LogP contribution in [-0.2, 0) is 0 Å². The number of ketones is 1. The van der Waals surface area contributed by atoms with Crippen molar-refractivity contribution in [1.29, 1.82) is 5.26 Å². The Morgan fingerprint density at radius 1 is 1.38 bits per heavy atom. The number of anilines is 2. The van der Waals surface area contributed by atoms with Crippen molar-refractivity contribution in [3.05, 3.63) is 10.4 Å². The van der Waals surface area contributed by atoms with E-state index in [0.717, 1.165) is 37.7 Å². The average molecular weight is 306 g/mol. The molecule has 0 radical (unpaired) electrons. The largest absolute Gasteiger partial charge is 0.396 e. The third kappa shape index (κ3) is 3.04. The summed E-state index contributed by atoms with van der Waals surface area (Å²) in [5.41, 5.74) is 6.87. The number of nitrogens with zero attached hydrogens (tertiary/aromatic N) is 3. The van der Waals surface area contributed by atoms with E-state index in [4.69, 9.17) is 5.73 Å². The van der Waals surface area contributed by atoms with Crippen LogP contribution in [0.15, 0.2) is 0 Å². The Balaban J connectivity index is 2.30. The molecule has 2 N–H and O–H groups in total. The fraction of sp³-hybridized carbons (Fsp3) is 0.600. The molecule has 0 spiro atoms. The normalized spacial score (nSPS) is 16.2. The molecule has 1 aliphatic rings. The molecule has 5 nitrogen and oxygen atoms in total. The number of carbonyl (C=O) groups excluding carboxylic acids is 1. The SMILES string of the molecule is CCN1CCN(c2sc(C(=O)C(C)C)c(N)c2C#N)CC1. The smallest absolute Gasteiger partial charge is 0.177 e. The minimum absolute atomic E-state index is 0.0208. The van der Waals surface area contributed by atoms with Gasteiger partial charge in [-0.25, -0.2) is 0 Å². The lowest BCUT2D eigenvalue weighted by Gasteiger charge is -2.34. The van der Waals surface area contributed by atoms with Gasteiger partial charge in [0.05, 0.1) is 10.6 Å². The first-order valence-corrected chi connectivity index (χ1v) is 8.15. The maximum Gasteiger partial charge on any atom is 0.177 e. The van der Waals surface area contributed by atoms with Crippen molar-refractivity contribution in [2.75, 3.05) is 43.4 Å². The van der Waals surface area contributed by atoms with Crippen LogP contribution in [0.1, 0.15) is 36.0 Å². The number of nitriles is 1. The van der Waals surface area contributed by atoms with Crippen LogP contribution in [0.25, 0.3) is 0 Å². The molecule has 1 fully saturated rings. The van der Waals surface area contributed by atoms with Gasteiger partial charge in [0.2, 0.25) is 0 Å². The lowest BCUT2D eigenvalue weighted by molar-refractivity contribution is 0.0944. The van der Waals surface area contributed by atoms with Crippen LogP contribution >= 0.6 is 11.3 Å². The highest BCUT2D eigenvalue weighted by atomic mass is 32.1. The zero-order valence-corrected chi connectivity index (χ0v) is 13.7. The number of rotatable bonds is 4.